The molecular weight excluding hydrogens is 236 g/mol. The number of nitrogens with zero attached hydrogens (tertiary/aromatic N) is 2. The largest absolute Gasteiger partial charge is 0.493 e. The van der Waals surface area contributed by atoms with Crippen LogP contribution in [-0.2, 0) is 7.05 Å². The van der Waals surface area contributed by atoms with Crippen LogP contribution in [0.15, 0.2) is 6.20 Å². The van der Waals surface area contributed by atoms with Crippen LogP contribution in [0.25, 0.3) is 0 Å². The Kier molecular flexibility index (Phi) is 4.10. The van der Waals surface area contributed by atoms with E-state index in [-0.39, 0.29) is 5.78 Å². The number of ether oxygens (including phenoxy) is 1. The van der Waals surface area contributed by atoms with Gasteiger partial charge in [-0.25, -0.2) is 0 Å². The molecule has 1 aliphatic rings. The van der Waals surface area contributed by atoms with E-state index < -0.39 is 0 Å². The number of rotatable bonds is 5. The standard InChI is InChI=1S/C12H18N2O2S/c1-14-12(11(16-2)7-13-14)10(15)8-17-9-5-3-4-6-9/h7,9H,3-6,8H2,1-2H3. The number of aryl methyl sites for hydroxylation is 1. The van der Waals surface area contributed by atoms with E-state index in [2.05, 4.69) is 5.10 Å². The van der Waals surface area contributed by atoms with E-state index in [1.807, 2.05) is 0 Å². The lowest BCUT2D eigenvalue weighted by Gasteiger charge is -2.08. The van der Waals surface area contributed by atoms with E-state index in [1.54, 1.807) is 36.8 Å². The quantitative estimate of drug-likeness (QED) is 0.756. The molecule has 94 valence electrons. The Morgan fingerprint density at radius 2 is 2.29 bits per heavy atom. The predicted molar refractivity (Wildman–Crippen MR) is 68.8 cm³/mol. The van der Waals surface area contributed by atoms with Crippen LogP contribution in [0.2, 0.25) is 0 Å². The Morgan fingerprint density at radius 3 is 2.94 bits per heavy atom. The van der Waals surface area contributed by atoms with Crippen molar-refractivity contribution in [1.82, 2.24) is 9.78 Å². The molecule has 1 aromatic heterocycles. The Morgan fingerprint density at radius 1 is 1.59 bits per heavy atom. The Balaban J connectivity index is 1.96. The maximum atomic E-state index is 12.1. The van der Waals surface area contributed by atoms with Gasteiger partial charge in [0, 0.05) is 12.3 Å². The van der Waals surface area contributed by atoms with Crippen molar-refractivity contribution in [3.8, 4) is 5.75 Å². The molecule has 1 heterocycles. The van der Waals surface area contributed by atoms with Gasteiger partial charge in [-0.05, 0) is 12.8 Å². The van der Waals surface area contributed by atoms with Crippen molar-refractivity contribution in [2.75, 3.05) is 12.9 Å². The molecule has 2 rings (SSSR count). The predicted octanol–water partition coefficient (Wildman–Crippen LogP) is 2.29. The lowest BCUT2D eigenvalue weighted by molar-refractivity contribution is 0.101. The van der Waals surface area contributed by atoms with Crippen LogP contribution in [0.5, 0.6) is 5.75 Å². The number of methoxy groups -OCH3 is 1. The minimum absolute atomic E-state index is 0.110. The zero-order valence-electron chi connectivity index (χ0n) is 10.3. The van der Waals surface area contributed by atoms with Gasteiger partial charge in [0.05, 0.1) is 19.1 Å². The topological polar surface area (TPSA) is 44.1 Å². The molecule has 0 N–H and O–H groups in total. The van der Waals surface area contributed by atoms with E-state index >= 15 is 0 Å². The highest BCUT2D eigenvalue weighted by molar-refractivity contribution is 8.00. The summed E-state index contributed by atoms with van der Waals surface area (Å²) in [4.78, 5) is 12.1. The first-order chi connectivity index (χ1) is 8.22. The SMILES string of the molecule is COc1cnn(C)c1C(=O)CSC1CCCC1. The second kappa shape index (κ2) is 5.58. The summed E-state index contributed by atoms with van der Waals surface area (Å²) in [6, 6.07) is 0. The molecule has 0 aromatic carbocycles. The lowest BCUT2D eigenvalue weighted by Crippen LogP contribution is -2.12. The van der Waals surface area contributed by atoms with E-state index in [9.17, 15) is 4.79 Å². The third kappa shape index (κ3) is 2.83. The molecule has 0 unspecified atom stereocenters. The first-order valence-electron chi connectivity index (χ1n) is 5.93. The van der Waals surface area contributed by atoms with Gasteiger partial charge < -0.3 is 4.74 Å². The van der Waals surface area contributed by atoms with Gasteiger partial charge in [0.1, 0.15) is 5.69 Å². The monoisotopic (exact) mass is 254 g/mol. The van der Waals surface area contributed by atoms with Crippen LogP contribution in [-0.4, -0.2) is 33.7 Å². The van der Waals surface area contributed by atoms with E-state index in [4.69, 9.17) is 4.74 Å². The maximum absolute atomic E-state index is 12.1. The van der Waals surface area contributed by atoms with Crippen LogP contribution in [0.4, 0.5) is 0 Å². The van der Waals surface area contributed by atoms with Crippen LogP contribution < -0.4 is 4.74 Å². The summed E-state index contributed by atoms with van der Waals surface area (Å²) >= 11 is 1.77. The summed E-state index contributed by atoms with van der Waals surface area (Å²) in [5, 5.41) is 4.71. The fourth-order valence-electron chi connectivity index (χ4n) is 2.20. The molecule has 0 amide bonds. The summed E-state index contributed by atoms with van der Waals surface area (Å²) in [6.07, 6.45) is 6.70. The summed E-state index contributed by atoms with van der Waals surface area (Å²) < 4.78 is 6.74. The molecule has 5 heteroatoms. The zero-order chi connectivity index (χ0) is 12.3. The number of ketones is 1. The average Bonchev–Trinajstić information content (AvgIpc) is 2.94. The van der Waals surface area contributed by atoms with Crippen molar-refractivity contribution in [3.63, 3.8) is 0 Å². The molecule has 0 saturated heterocycles. The van der Waals surface area contributed by atoms with Crippen molar-refractivity contribution >= 4 is 17.5 Å². The second-order valence-corrected chi connectivity index (χ2v) is 5.61. The van der Waals surface area contributed by atoms with Gasteiger partial charge >= 0.3 is 0 Å². The van der Waals surface area contributed by atoms with Crippen molar-refractivity contribution in [3.05, 3.63) is 11.9 Å². The van der Waals surface area contributed by atoms with Gasteiger partial charge in [-0.3, -0.25) is 9.48 Å². The molecule has 17 heavy (non-hydrogen) atoms. The second-order valence-electron chi connectivity index (χ2n) is 4.33. The lowest BCUT2D eigenvalue weighted by atomic mass is 10.3. The fraction of sp³-hybridized carbons (Fsp3) is 0.667. The van der Waals surface area contributed by atoms with E-state index in [0.29, 0.717) is 22.4 Å². The number of Topliss-reactive ketones (excluding diaryl/α,β-unsaturated/α-hetero) is 1. The summed E-state index contributed by atoms with van der Waals surface area (Å²) in [5.74, 6) is 1.21. The summed E-state index contributed by atoms with van der Waals surface area (Å²) in [7, 11) is 3.34. The van der Waals surface area contributed by atoms with Crippen LogP contribution >= 0.6 is 11.8 Å². The highest BCUT2D eigenvalue weighted by Crippen LogP contribution is 2.30. The zero-order valence-corrected chi connectivity index (χ0v) is 11.1. The van der Waals surface area contributed by atoms with Crippen LogP contribution in [0, 0.1) is 0 Å². The van der Waals surface area contributed by atoms with Crippen molar-refractivity contribution < 1.29 is 9.53 Å². The molecule has 1 fully saturated rings. The number of aromatic nitrogens is 2. The molecule has 0 atom stereocenters. The average molecular weight is 254 g/mol. The summed E-state index contributed by atoms with van der Waals surface area (Å²) in [6.45, 7) is 0. The number of thioether (sulfide) groups is 1. The number of carbonyl (C=O) groups is 1. The van der Waals surface area contributed by atoms with Gasteiger partial charge in [0.2, 0.25) is 0 Å². The smallest absolute Gasteiger partial charge is 0.194 e. The van der Waals surface area contributed by atoms with Gasteiger partial charge in [-0.1, -0.05) is 12.8 Å². The van der Waals surface area contributed by atoms with Gasteiger partial charge in [0.15, 0.2) is 11.5 Å². The maximum Gasteiger partial charge on any atom is 0.194 e. The van der Waals surface area contributed by atoms with E-state index in [0.717, 1.165) is 0 Å². The molecule has 1 aromatic rings. The molecule has 1 saturated carbocycles. The normalized spacial score (nSPS) is 16.4. The number of hydrogen-bond donors (Lipinski definition) is 0. The Hall–Kier alpha value is -0.970. The fourth-order valence-corrected chi connectivity index (χ4v) is 3.39. The van der Waals surface area contributed by atoms with Gasteiger partial charge in [0.25, 0.3) is 0 Å². The summed E-state index contributed by atoms with van der Waals surface area (Å²) in [5.41, 5.74) is 0.581. The van der Waals surface area contributed by atoms with E-state index in [1.165, 1.54) is 25.7 Å². The molecular formula is C12H18N2O2S. The van der Waals surface area contributed by atoms with Gasteiger partial charge in [-0.2, -0.15) is 16.9 Å². The highest BCUT2D eigenvalue weighted by atomic mass is 32.2. The minimum atomic E-state index is 0.110. The molecule has 4 nitrogen and oxygen atoms in total. The third-order valence-corrected chi connectivity index (χ3v) is 4.51. The van der Waals surface area contributed by atoms with Crippen molar-refractivity contribution in [2.24, 2.45) is 7.05 Å². The molecule has 0 spiro atoms. The number of hydrogen-bond acceptors (Lipinski definition) is 4. The molecule has 0 bridgehead atoms. The van der Waals surface area contributed by atoms with Crippen LogP contribution in [0.3, 0.4) is 0 Å². The van der Waals surface area contributed by atoms with Crippen LogP contribution in [0.1, 0.15) is 36.2 Å². The first kappa shape index (κ1) is 12.5. The first-order valence-corrected chi connectivity index (χ1v) is 6.98. The van der Waals surface area contributed by atoms with Gasteiger partial charge in [-0.15, -0.1) is 0 Å². The minimum Gasteiger partial charge on any atom is -0.493 e. The molecule has 0 aliphatic heterocycles. The molecule has 1 aliphatic carbocycles. The number of carbonyl (C=O) groups excluding carboxylic acids is 1. The Labute approximate surface area is 106 Å². The third-order valence-electron chi connectivity index (χ3n) is 3.14. The van der Waals surface area contributed by atoms with Crippen molar-refractivity contribution in [1.29, 1.82) is 0 Å². The van der Waals surface area contributed by atoms with Crippen molar-refractivity contribution in [2.45, 2.75) is 30.9 Å². The highest BCUT2D eigenvalue weighted by Gasteiger charge is 2.21. The molecule has 0 radical (unpaired) electrons. The Bertz CT molecular complexity index is 397.